The van der Waals surface area contributed by atoms with Gasteiger partial charge in [-0.05, 0) is 44.2 Å². The maximum atomic E-state index is 13.7. The van der Waals surface area contributed by atoms with Gasteiger partial charge in [0.15, 0.2) is 0 Å². The summed E-state index contributed by atoms with van der Waals surface area (Å²) < 4.78 is 19.6. The Bertz CT molecular complexity index is 777. The number of ether oxygens (including phenoxy) is 1. The molecule has 1 aliphatic heterocycles. The highest BCUT2D eigenvalue weighted by molar-refractivity contribution is 5.94. The number of hydrogen-bond acceptors (Lipinski definition) is 4. The number of anilines is 3. The Kier molecular flexibility index (Phi) is 4.05. The molecule has 0 aliphatic carbocycles. The number of carbonyl (C=O) groups excluding carboxylic acids is 1. The van der Waals surface area contributed by atoms with Crippen molar-refractivity contribution in [2.45, 2.75) is 19.4 Å². The number of halogens is 1. The van der Waals surface area contributed by atoms with Gasteiger partial charge in [0, 0.05) is 5.69 Å². The van der Waals surface area contributed by atoms with E-state index >= 15 is 0 Å². The van der Waals surface area contributed by atoms with Gasteiger partial charge in [-0.1, -0.05) is 12.1 Å². The first-order valence-corrected chi connectivity index (χ1v) is 7.72. The molecule has 0 radical (unpaired) electrons. The lowest BCUT2D eigenvalue weighted by atomic mass is 10.0. The average Bonchev–Trinajstić information content (AvgIpc) is 2.49. The number of hydrogen-bond donors (Lipinski definition) is 2. The number of benzene rings is 2. The summed E-state index contributed by atoms with van der Waals surface area (Å²) in [6.45, 7) is 4.51. The number of nitrogens with two attached hydrogens (primary N) is 1. The maximum Gasteiger partial charge on any atom is 0.243 e. The summed E-state index contributed by atoms with van der Waals surface area (Å²) in [5.74, 6) is -0.0804. The summed E-state index contributed by atoms with van der Waals surface area (Å²) in [6, 6.07) is 11.4. The van der Waals surface area contributed by atoms with Crippen molar-refractivity contribution in [3.63, 3.8) is 0 Å². The summed E-state index contributed by atoms with van der Waals surface area (Å²) in [5.41, 5.74) is 6.94. The van der Waals surface area contributed by atoms with Gasteiger partial charge >= 0.3 is 0 Å². The molecule has 3 N–H and O–H groups in total. The monoisotopic (exact) mass is 329 g/mol. The number of rotatable bonds is 3. The normalized spacial score (nSPS) is 15.4. The van der Waals surface area contributed by atoms with Crippen LogP contribution in [-0.2, 0) is 4.79 Å². The number of amides is 1. The first kappa shape index (κ1) is 16.1. The molecule has 1 amide bonds. The second kappa shape index (κ2) is 6.03. The first-order valence-electron chi connectivity index (χ1n) is 7.72. The molecular formula is C18H20FN3O2. The van der Waals surface area contributed by atoms with Gasteiger partial charge in [-0.25, -0.2) is 4.39 Å². The van der Waals surface area contributed by atoms with E-state index in [0.29, 0.717) is 18.0 Å². The first-order chi connectivity index (χ1) is 11.3. The molecule has 1 aliphatic rings. The van der Waals surface area contributed by atoms with Crippen molar-refractivity contribution >= 4 is 23.0 Å². The number of nitrogen functional groups attached to an aromatic ring is 1. The summed E-state index contributed by atoms with van der Waals surface area (Å²) in [6.07, 6.45) is 0. The van der Waals surface area contributed by atoms with E-state index in [1.54, 1.807) is 30.3 Å². The van der Waals surface area contributed by atoms with Gasteiger partial charge in [0.2, 0.25) is 5.91 Å². The quantitative estimate of drug-likeness (QED) is 0.850. The Balaban J connectivity index is 1.80. The number of para-hydroxylation sites is 1. The van der Waals surface area contributed by atoms with Gasteiger partial charge in [0.25, 0.3) is 0 Å². The molecule has 0 spiro atoms. The molecule has 24 heavy (non-hydrogen) atoms. The largest absolute Gasteiger partial charge is 0.484 e. The molecule has 0 bridgehead atoms. The lowest BCUT2D eigenvalue weighted by Gasteiger charge is -2.40. The third kappa shape index (κ3) is 3.42. The molecule has 6 heteroatoms. The molecule has 0 atom stereocenters. The fraction of sp³-hybridized carbons (Fsp3) is 0.278. The Morgan fingerprint density at radius 1 is 1.33 bits per heavy atom. The van der Waals surface area contributed by atoms with Gasteiger partial charge in [0.1, 0.15) is 17.2 Å². The van der Waals surface area contributed by atoms with Crippen LogP contribution in [0, 0.1) is 5.82 Å². The SMILES string of the molecule is CC1(C)CN(CC(=O)Nc2ccccc2F)c2cc(N)ccc2O1. The van der Waals surface area contributed by atoms with Crippen molar-refractivity contribution in [1.82, 2.24) is 0 Å². The molecule has 0 fully saturated rings. The van der Waals surface area contributed by atoms with Crippen LogP contribution in [0.3, 0.4) is 0 Å². The molecule has 5 nitrogen and oxygen atoms in total. The van der Waals surface area contributed by atoms with E-state index in [-0.39, 0.29) is 18.1 Å². The highest BCUT2D eigenvalue weighted by Gasteiger charge is 2.32. The average molecular weight is 329 g/mol. The van der Waals surface area contributed by atoms with E-state index < -0.39 is 11.4 Å². The minimum Gasteiger partial charge on any atom is -0.484 e. The number of nitrogens with zero attached hydrogens (tertiary/aromatic N) is 1. The highest BCUT2D eigenvalue weighted by Crippen LogP contribution is 2.38. The maximum absolute atomic E-state index is 13.7. The molecular weight excluding hydrogens is 309 g/mol. The minimum absolute atomic E-state index is 0.0809. The lowest BCUT2D eigenvalue weighted by Crippen LogP contribution is -2.49. The van der Waals surface area contributed by atoms with Crippen molar-refractivity contribution < 1.29 is 13.9 Å². The van der Waals surface area contributed by atoms with E-state index in [9.17, 15) is 9.18 Å². The molecule has 0 saturated heterocycles. The van der Waals surface area contributed by atoms with E-state index in [2.05, 4.69) is 5.32 Å². The van der Waals surface area contributed by atoms with Gasteiger partial charge in [-0.3, -0.25) is 4.79 Å². The van der Waals surface area contributed by atoms with Crippen molar-refractivity contribution in [2.75, 3.05) is 29.0 Å². The van der Waals surface area contributed by atoms with Crippen LogP contribution in [0.15, 0.2) is 42.5 Å². The van der Waals surface area contributed by atoms with Crippen LogP contribution in [0.1, 0.15) is 13.8 Å². The van der Waals surface area contributed by atoms with Gasteiger partial charge in [0.05, 0.1) is 24.5 Å². The summed E-state index contributed by atoms with van der Waals surface area (Å²) >= 11 is 0. The van der Waals surface area contributed by atoms with Crippen LogP contribution >= 0.6 is 0 Å². The van der Waals surface area contributed by atoms with Crippen molar-refractivity contribution in [2.24, 2.45) is 0 Å². The number of fused-ring (bicyclic) bond motifs is 1. The molecule has 0 unspecified atom stereocenters. The van der Waals surface area contributed by atoms with Crippen LogP contribution < -0.4 is 20.7 Å². The van der Waals surface area contributed by atoms with E-state index in [0.717, 1.165) is 5.69 Å². The zero-order valence-corrected chi connectivity index (χ0v) is 13.7. The third-order valence-corrected chi connectivity index (χ3v) is 3.76. The van der Waals surface area contributed by atoms with Crippen molar-refractivity contribution in [3.8, 4) is 5.75 Å². The fourth-order valence-electron chi connectivity index (χ4n) is 2.81. The Hall–Kier alpha value is -2.76. The standard InChI is InChI=1S/C18H20FN3O2/c1-18(2)11-22(15-9-12(20)7-8-16(15)24-18)10-17(23)21-14-6-4-3-5-13(14)19/h3-9H,10-11,20H2,1-2H3,(H,21,23). The third-order valence-electron chi connectivity index (χ3n) is 3.76. The molecule has 2 aromatic rings. The Morgan fingerprint density at radius 3 is 2.83 bits per heavy atom. The van der Waals surface area contributed by atoms with Gasteiger partial charge < -0.3 is 20.7 Å². The van der Waals surface area contributed by atoms with Crippen LogP contribution in [0.5, 0.6) is 5.75 Å². The van der Waals surface area contributed by atoms with Crippen LogP contribution in [0.4, 0.5) is 21.5 Å². The zero-order valence-electron chi connectivity index (χ0n) is 13.7. The molecule has 0 aromatic heterocycles. The minimum atomic E-state index is -0.460. The summed E-state index contributed by atoms with van der Waals surface area (Å²) in [7, 11) is 0. The van der Waals surface area contributed by atoms with Gasteiger partial charge in [-0.2, -0.15) is 0 Å². The predicted molar refractivity (Wildman–Crippen MR) is 92.8 cm³/mol. The predicted octanol–water partition coefficient (Wildman–Crippen LogP) is 3.02. The van der Waals surface area contributed by atoms with Crippen molar-refractivity contribution in [3.05, 3.63) is 48.3 Å². The Morgan fingerprint density at radius 2 is 2.08 bits per heavy atom. The number of carbonyl (C=O) groups is 1. The topological polar surface area (TPSA) is 67.6 Å². The highest BCUT2D eigenvalue weighted by atomic mass is 19.1. The van der Waals surface area contributed by atoms with Crippen LogP contribution in [-0.4, -0.2) is 24.6 Å². The smallest absolute Gasteiger partial charge is 0.243 e. The molecule has 3 rings (SSSR count). The van der Waals surface area contributed by atoms with E-state index in [1.165, 1.54) is 12.1 Å². The fourth-order valence-corrected chi connectivity index (χ4v) is 2.81. The van der Waals surface area contributed by atoms with E-state index in [1.807, 2.05) is 18.7 Å². The van der Waals surface area contributed by atoms with Crippen LogP contribution in [0.25, 0.3) is 0 Å². The summed E-state index contributed by atoms with van der Waals surface area (Å²) in [5, 5.41) is 2.60. The summed E-state index contributed by atoms with van der Waals surface area (Å²) in [4.78, 5) is 14.2. The number of nitrogens with one attached hydrogen (secondary N) is 1. The molecule has 2 aromatic carbocycles. The lowest BCUT2D eigenvalue weighted by molar-refractivity contribution is -0.115. The van der Waals surface area contributed by atoms with Crippen LogP contribution in [0.2, 0.25) is 0 Å². The Labute approximate surface area is 140 Å². The molecule has 0 saturated carbocycles. The molecule has 1 heterocycles. The second-order valence-corrected chi connectivity index (χ2v) is 6.47. The van der Waals surface area contributed by atoms with Gasteiger partial charge in [-0.15, -0.1) is 0 Å². The second-order valence-electron chi connectivity index (χ2n) is 6.47. The van der Waals surface area contributed by atoms with Crippen molar-refractivity contribution in [1.29, 1.82) is 0 Å². The molecule has 126 valence electrons. The van der Waals surface area contributed by atoms with E-state index in [4.69, 9.17) is 10.5 Å². The zero-order chi connectivity index (χ0) is 17.3.